The molecule has 0 amide bonds. The number of nitrogens with zero attached hydrogens (tertiary/aromatic N) is 2. The Kier molecular flexibility index (Phi) is 5.58. The molecule has 0 aliphatic rings. The third kappa shape index (κ3) is 4.56. The van der Waals surface area contributed by atoms with Crippen LogP contribution in [0.2, 0.25) is 0 Å². The summed E-state index contributed by atoms with van der Waals surface area (Å²) in [6.45, 7) is -0.0741. The van der Waals surface area contributed by atoms with Gasteiger partial charge in [0.2, 0.25) is 0 Å². The molecule has 5 nitrogen and oxygen atoms in total. The van der Waals surface area contributed by atoms with E-state index in [0.717, 1.165) is 12.1 Å². The quantitative estimate of drug-likeness (QED) is 0.489. The molecule has 0 unspecified atom stereocenters. The zero-order valence-electron chi connectivity index (χ0n) is 12.3. The molecule has 0 spiro atoms. The van der Waals surface area contributed by atoms with Gasteiger partial charge in [0, 0.05) is 5.56 Å². The number of aliphatic hydroxyl groups is 1. The molecule has 1 aromatic heterocycles. The van der Waals surface area contributed by atoms with Crippen LogP contribution in [0.25, 0.3) is 11.3 Å². The van der Waals surface area contributed by atoms with E-state index in [1.165, 1.54) is 29.4 Å². The summed E-state index contributed by atoms with van der Waals surface area (Å²) in [5, 5.41) is 14.0. The summed E-state index contributed by atoms with van der Waals surface area (Å²) in [4.78, 5) is 0. The maximum Gasteiger partial charge on any atom is 0.416 e. The molecule has 9 heteroatoms. The number of alkyl halides is 3. The van der Waals surface area contributed by atoms with Gasteiger partial charge in [0.25, 0.3) is 0 Å². The number of aliphatic hydroxyl groups excluding tert-OH is 1. The summed E-state index contributed by atoms with van der Waals surface area (Å²) in [7, 11) is 0. The molecule has 0 saturated carbocycles. The lowest BCUT2D eigenvalue weighted by atomic mass is 10.1. The first-order chi connectivity index (χ1) is 11.3. The minimum Gasteiger partial charge on any atom is -0.455 e. The molecule has 1 aromatic carbocycles. The average Bonchev–Trinajstić information content (AvgIpc) is 2.99. The van der Waals surface area contributed by atoms with Gasteiger partial charge in [-0.1, -0.05) is 12.1 Å². The lowest BCUT2D eigenvalue weighted by Crippen LogP contribution is -2.33. The third-order valence-electron chi connectivity index (χ3n) is 2.99. The van der Waals surface area contributed by atoms with E-state index >= 15 is 0 Å². The van der Waals surface area contributed by atoms with Gasteiger partial charge in [-0.15, -0.1) is 0 Å². The third-order valence-corrected chi connectivity index (χ3v) is 3.20. The molecular weight excluding hydrogens is 343 g/mol. The van der Waals surface area contributed by atoms with Gasteiger partial charge in [-0.3, -0.25) is 0 Å². The van der Waals surface area contributed by atoms with E-state index in [1.54, 1.807) is 6.07 Å². The molecule has 0 radical (unpaired) electrons. The Bertz CT molecular complexity index is 744. The second kappa shape index (κ2) is 7.45. The zero-order chi connectivity index (χ0) is 17.7. The first-order valence-corrected chi connectivity index (χ1v) is 7.21. The van der Waals surface area contributed by atoms with E-state index in [-0.39, 0.29) is 24.0 Å². The number of hydrazone groups is 1. The normalized spacial score (nSPS) is 11.8. The molecule has 0 bridgehead atoms. The second-order valence-electron chi connectivity index (χ2n) is 4.71. The van der Waals surface area contributed by atoms with E-state index in [4.69, 9.17) is 27.5 Å². The first-order valence-electron chi connectivity index (χ1n) is 6.80. The summed E-state index contributed by atoms with van der Waals surface area (Å²) >= 11 is 4.77. The standard InChI is InChI=1S/C15H14F3N3O2S/c16-15(17,18)11-3-1-2-10(8-11)13-5-4-12(23-13)9-20-21(6-7-22)14(19)24/h1-5,8-9,22H,6-7H2,(H2,19,24)/b20-9+. The van der Waals surface area contributed by atoms with Crippen molar-refractivity contribution in [3.8, 4) is 11.3 Å². The molecule has 2 aromatic rings. The summed E-state index contributed by atoms with van der Waals surface area (Å²) < 4.78 is 43.7. The Morgan fingerprint density at radius 1 is 1.33 bits per heavy atom. The fourth-order valence-corrected chi connectivity index (χ4v) is 2.01. The Labute approximate surface area is 141 Å². The number of hydrogen-bond acceptors (Lipinski definition) is 4. The molecule has 1 heterocycles. The van der Waals surface area contributed by atoms with Crippen molar-refractivity contribution in [2.45, 2.75) is 6.18 Å². The maximum atomic E-state index is 12.7. The molecule has 0 aliphatic carbocycles. The van der Waals surface area contributed by atoms with Crippen molar-refractivity contribution in [1.29, 1.82) is 0 Å². The highest BCUT2D eigenvalue weighted by molar-refractivity contribution is 7.80. The van der Waals surface area contributed by atoms with Gasteiger partial charge in [0.15, 0.2) is 5.11 Å². The Hall–Kier alpha value is -2.39. The van der Waals surface area contributed by atoms with Crippen molar-refractivity contribution in [3.63, 3.8) is 0 Å². The van der Waals surface area contributed by atoms with Crippen LogP contribution in [0, 0.1) is 0 Å². The van der Waals surface area contributed by atoms with Gasteiger partial charge in [-0.2, -0.15) is 18.3 Å². The van der Waals surface area contributed by atoms with E-state index in [1.807, 2.05) is 0 Å². The van der Waals surface area contributed by atoms with E-state index < -0.39 is 11.7 Å². The molecule has 0 aliphatic heterocycles. The highest BCUT2D eigenvalue weighted by Crippen LogP contribution is 2.32. The SMILES string of the molecule is NC(=S)N(CCO)/N=C/c1ccc(-c2cccc(C(F)(F)F)c2)o1. The Morgan fingerprint density at radius 2 is 2.08 bits per heavy atom. The molecule has 0 atom stereocenters. The van der Waals surface area contributed by atoms with Crippen LogP contribution in [0.1, 0.15) is 11.3 Å². The molecule has 0 fully saturated rings. The van der Waals surface area contributed by atoms with Crippen molar-refractivity contribution < 1.29 is 22.7 Å². The minimum atomic E-state index is -4.42. The molecule has 24 heavy (non-hydrogen) atoms. The number of thiocarbonyl (C=S) groups is 1. The van der Waals surface area contributed by atoms with Crippen LogP contribution in [-0.4, -0.2) is 34.6 Å². The van der Waals surface area contributed by atoms with Crippen LogP contribution in [-0.2, 0) is 6.18 Å². The van der Waals surface area contributed by atoms with Gasteiger partial charge < -0.3 is 15.3 Å². The fraction of sp³-hybridized carbons (Fsp3) is 0.200. The monoisotopic (exact) mass is 357 g/mol. The van der Waals surface area contributed by atoms with E-state index in [0.29, 0.717) is 11.3 Å². The number of nitrogens with two attached hydrogens (primary N) is 1. The van der Waals surface area contributed by atoms with Crippen LogP contribution in [0.3, 0.4) is 0 Å². The molecule has 128 valence electrons. The zero-order valence-corrected chi connectivity index (χ0v) is 13.1. The average molecular weight is 357 g/mol. The van der Waals surface area contributed by atoms with E-state index in [9.17, 15) is 13.2 Å². The molecule has 2 rings (SSSR count). The fourth-order valence-electron chi connectivity index (χ4n) is 1.87. The van der Waals surface area contributed by atoms with Gasteiger partial charge in [0.05, 0.1) is 24.9 Å². The van der Waals surface area contributed by atoms with Crippen LogP contribution in [0.15, 0.2) is 45.9 Å². The van der Waals surface area contributed by atoms with E-state index in [2.05, 4.69) is 5.10 Å². The molecular formula is C15H14F3N3O2S. The number of rotatable bonds is 5. The second-order valence-corrected chi connectivity index (χ2v) is 5.13. The number of halogens is 3. The van der Waals surface area contributed by atoms with Crippen molar-refractivity contribution in [3.05, 3.63) is 47.7 Å². The smallest absolute Gasteiger partial charge is 0.416 e. The van der Waals surface area contributed by atoms with Crippen molar-refractivity contribution in [2.75, 3.05) is 13.2 Å². The lowest BCUT2D eigenvalue weighted by molar-refractivity contribution is -0.137. The summed E-state index contributed by atoms with van der Waals surface area (Å²) in [5.41, 5.74) is 4.98. The summed E-state index contributed by atoms with van der Waals surface area (Å²) in [6.07, 6.45) is -3.11. The van der Waals surface area contributed by atoms with Crippen LogP contribution < -0.4 is 5.73 Å². The Balaban J connectivity index is 2.20. The highest BCUT2D eigenvalue weighted by atomic mass is 32.1. The minimum absolute atomic E-state index is 0.0232. The van der Waals surface area contributed by atoms with Gasteiger partial charge in [0.1, 0.15) is 11.5 Å². The van der Waals surface area contributed by atoms with Gasteiger partial charge >= 0.3 is 6.18 Å². The lowest BCUT2D eigenvalue weighted by Gasteiger charge is -2.14. The maximum absolute atomic E-state index is 12.7. The number of hydrogen-bond donors (Lipinski definition) is 2. The Morgan fingerprint density at radius 3 is 2.71 bits per heavy atom. The van der Waals surface area contributed by atoms with Crippen LogP contribution >= 0.6 is 12.2 Å². The first kappa shape index (κ1) is 18.0. The van der Waals surface area contributed by atoms with Gasteiger partial charge in [-0.25, -0.2) is 5.01 Å². The number of benzene rings is 1. The number of furan rings is 1. The van der Waals surface area contributed by atoms with Crippen LogP contribution in [0.4, 0.5) is 13.2 Å². The predicted molar refractivity (Wildman–Crippen MR) is 87.3 cm³/mol. The van der Waals surface area contributed by atoms with Crippen LogP contribution in [0.5, 0.6) is 0 Å². The van der Waals surface area contributed by atoms with Gasteiger partial charge in [-0.05, 0) is 36.5 Å². The molecule has 0 saturated heterocycles. The largest absolute Gasteiger partial charge is 0.455 e. The highest BCUT2D eigenvalue weighted by Gasteiger charge is 2.30. The topological polar surface area (TPSA) is 75.0 Å². The summed E-state index contributed by atoms with van der Waals surface area (Å²) in [5.74, 6) is 0.577. The van der Waals surface area contributed by atoms with Crippen molar-refractivity contribution in [2.24, 2.45) is 10.8 Å². The molecule has 3 N–H and O–H groups in total. The predicted octanol–water partition coefficient (Wildman–Crippen LogP) is 2.84. The summed E-state index contributed by atoms with van der Waals surface area (Å²) in [6, 6.07) is 7.91. The van der Waals surface area contributed by atoms with Crippen molar-refractivity contribution in [1.82, 2.24) is 5.01 Å². The van der Waals surface area contributed by atoms with Crippen molar-refractivity contribution >= 4 is 23.5 Å².